The van der Waals surface area contributed by atoms with Crippen molar-refractivity contribution in [3.8, 4) is 0 Å². The Bertz CT molecular complexity index is 784. The van der Waals surface area contributed by atoms with Crippen molar-refractivity contribution in [2.24, 2.45) is 0 Å². The van der Waals surface area contributed by atoms with E-state index in [0.29, 0.717) is 6.04 Å². The Hall–Kier alpha value is -2.14. The number of nitrogens with one attached hydrogen (secondary N) is 1. The zero-order chi connectivity index (χ0) is 14.9. The predicted molar refractivity (Wildman–Crippen MR) is 92.8 cm³/mol. The van der Waals surface area contributed by atoms with E-state index in [9.17, 15) is 0 Å². The molecule has 0 saturated carbocycles. The Balaban J connectivity index is 1.54. The van der Waals surface area contributed by atoms with Crippen LogP contribution in [0, 0.1) is 6.92 Å². The van der Waals surface area contributed by atoms with E-state index in [4.69, 9.17) is 0 Å². The van der Waals surface area contributed by atoms with Crippen molar-refractivity contribution in [3.05, 3.63) is 47.6 Å². The van der Waals surface area contributed by atoms with Crippen LogP contribution in [-0.2, 0) is 0 Å². The van der Waals surface area contributed by atoms with E-state index in [1.165, 1.54) is 16.0 Å². The molecule has 1 fully saturated rings. The lowest BCUT2D eigenvalue weighted by molar-refractivity contribution is 0.806. The summed E-state index contributed by atoms with van der Waals surface area (Å²) in [7, 11) is 0. The Morgan fingerprint density at radius 1 is 1.23 bits per heavy atom. The van der Waals surface area contributed by atoms with Gasteiger partial charge in [0.1, 0.15) is 12.1 Å². The number of anilines is 2. The third kappa shape index (κ3) is 2.41. The summed E-state index contributed by atoms with van der Waals surface area (Å²) in [5, 5.41) is 5.78. The number of benzene rings is 1. The van der Waals surface area contributed by atoms with Crippen LogP contribution >= 0.6 is 11.3 Å². The fourth-order valence-corrected chi connectivity index (χ4v) is 4.04. The summed E-state index contributed by atoms with van der Waals surface area (Å²) >= 11 is 1.75. The van der Waals surface area contributed by atoms with Gasteiger partial charge in [0.15, 0.2) is 0 Å². The monoisotopic (exact) mass is 310 g/mol. The van der Waals surface area contributed by atoms with Gasteiger partial charge in [-0.2, -0.15) is 0 Å². The molecule has 0 unspecified atom stereocenters. The number of aromatic nitrogens is 2. The molecule has 4 rings (SSSR count). The third-order valence-corrected chi connectivity index (χ3v) is 5.23. The van der Waals surface area contributed by atoms with Gasteiger partial charge in [-0.05, 0) is 36.4 Å². The van der Waals surface area contributed by atoms with Gasteiger partial charge >= 0.3 is 0 Å². The highest BCUT2D eigenvalue weighted by atomic mass is 32.1. The zero-order valence-electron chi connectivity index (χ0n) is 12.5. The van der Waals surface area contributed by atoms with Crippen LogP contribution < -0.4 is 10.2 Å². The molecule has 1 N–H and O–H groups in total. The molecule has 22 heavy (non-hydrogen) atoms. The van der Waals surface area contributed by atoms with Gasteiger partial charge in [0.2, 0.25) is 0 Å². The molecular weight excluding hydrogens is 292 g/mol. The maximum atomic E-state index is 4.54. The molecule has 0 bridgehead atoms. The van der Waals surface area contributed by atoms with Crippen LogP contribution in [0.1, 0.15) is 12.0 Å². The fraction of sp³-hybridized carbons (Fsp3) is 0.294. The quantitative estimate of drug-likeness (QED) is 0.801. The Kier molecular flexibility index (Phi) is 3.42. The number of hydrogen-bond acceptors (Lipinski definition) is 5. The fourth-order valence-electron chi connectivity index (χ4n) is 3.02. The van der Waals surface area contributed by atoms with Crippen LogP contribution in [-0.4, -0.2) is 29.1 Å². The minimum atomic E-state index is 0.466. The van der Waals surface area contributed by atoms with Crippen molar-refractivity contribution < 1.29 is 0 Å². The second-order valence-corrected chi connectivity index (χ2v) is 6.62. The second kappa shape index (κ2) is 5.57. The number of thiophene rings is 1. The van der Waals surface area contributed by atoms with E-state index in [2.05, 4.69) is 56.8 Å². The SMILES string of the molecule is Cc1csc2c(N3CC[C@@H](Nc4ccccc4)C3)ncnc12. The van der Waals surface area contributed by atoms with Crippen molar-refractivity contribution in [1.82, 2.24) is 9.97 Å². The highest BCUT2D eigenvalue weighted by Crippen LogP contribution is 2.32. The van der Waals surface area contributed by atoms with Gasteiger partial charge in [-0.15, -0.1) is 11.3 Å². The van der Waals surface area contributed by atoms with E-state index >= 15 is 0 Å². The molecule has 0 spiro atoms. The van der Waals surface area contributed by atoms with Crippen molar-refractivity contribution in [1.29, 1.82) is 0 Å². The lowest BCUT2D eigenvalue weighted by Crippen LogP contribution is -2.26. The van der Waals surface area contributed by atoms with E-state index in [-0.39, 0.29) is 0 Å². The maximum Gasteiger partial charge on any atom is 0.150 e. The molecule has 3 heterocycles. The van der Waals surface area contributed by atoms with Gasteiger partial charge in [-0.1, -0.05) is 18.2 Å². The van der Waals surface area contributed by atoms with Gasteiger partial charge in [-0.3, -0.25) is 0 Å². The summed E-state index contributed by atoms with van der Waals surface area (Å²) in [6.45, 7) is 4.13. The van der Waals surface area contributed by atoms with Gasteiger partial charge in [0.25, 0.3) is 0 Å². The lowest BCUT2D eigenvalue weighted by atomic mass is 10.2. The van der Waals surface area contributed by atoms with Gasteiger partial charge < -0.3 is 10.2 Å². The maximum absolute atomic E-state index is 4.54. The largest absolute Gasteiger partial charge is 0.380 e. The average Bonchev–Trinajstić information content (AvgIpc) is 3.16. The Labute approximate surface area is 133 Å². The first kappa shape index (κ1) is 13.5. The normalized spacial score (nSPS) is 18.0. The van der Waals surface area contributed by atoms with Crippen LogP contribution in [0.4, 0.5) is 11.5 Å². The lowest BCUT2D eigenvalue weighted by Gasteiger charge is -2.19. The first-order valence-corrected chi connectivity index (χ1v) is 8.44. The smallest absolute Gasteiger partial charge is 0.150 e. The average molecular weight is 310 g/mol. The topological polar surface area (TPSA) is 41.0 Å². The summed E-state index contributed by atoms with van der Waals surface area (Å²) in [4.78, 5) is 11.3. The third-order valence-electron chi connectivity index (χ3n) is 4.14. The first-order valence-electron chi connectivity index (χ1n) is 7.56. The molecular formula is C17H18N4S. The predicted octanol–water partition coefficient (Wildman–Crippen LogP) is 3.69. The molecule has 1 aliphatic rings. The van der Waals surface area contributed by atoms with E-state index < -0.39 is 0 Å². The molecule has 1 aliphatic heterocycles. The number of fused-ring (bicyclic) bond motifs is 1. The van der Waals surface area contributed by atoms with Crippen molar-refractivity contribution in [2.45, 2.75) is 19.4 Å². The Morgan fingerprint density at radius 3 is 2.95 bits per heavy atom. The summed E-state index contributed by atoms with van der Waals surface area (Å²) in [6.07, 6.45) is 2.82. The molecule has 1 aromatic carbocycles. The summed E-state index contributed by atoms with van der Waals surface area (Å²) in [6, 6.07) is 10.9. The molecule has 4 nitrogen and oxygen atoms in total. The molecule has 1 atom stereocenters. The summed E-state index contributed by atoms with van der Waals surface area (Å²) in [5.74, 6) is 1.08. The van der Waals surface area contributed by atoms with Crippen LogP contribution in [0.2, 0.25) is 0 Å². The zero-order valence-corrected chi connectivity index (χ0v) is 13.3. The molecule has 0 radical (unpaired) electrons. The summed E-state index contributed by atoms with van der Waals surface area (Å²) in [5.41, 5.74) is 3.52. The number of aryl methyl sites for hydroxylation is 1. The van der Waals surface area contributed by atoms with Gasteiger partial charge in [0.05, 0.1) is 10.2 Å². The standard InChI is InChI=1S/C17H18N4S/c1-12-10-22-16-15(12)18-11-19-17(16)21-8-7-14(9-21)20-13-5-3-2-4-6-13/h2-6,10-11,14,20H,7-9H2,1H3/t14-/m1/s1. The van der Waals surface area contributed by atoms with Gasteiger partial charge in [0, 0.05) is 24.8 Å². The molecule has 1 saturated heterocycles. The van der Waals surface area contributed by atoms with Gasteiger partial charge in [-0.25, -0.2) is 9.97 Å². The number of rotatable bonds is 3. The first-order chi connectivity index (χ1) is 10.8. The van der Waals surface area contributed by atoms with Crippen molar-refractivity contribution in [3.63, 3.8) is 0 Å². The number of para-hydroxylation sites is 1. The van der Waals surface area contributed by atoms with E-state index in [0.717, 1.165) is 30.8 Å². The van der Waals surface area contributed by atoms with Crippen molar-refractivity contribution in [2.75, 3.05) is 23.3 Å². The summed E-state index contributed by atoms with van der Waals surface area (Å²) < 4.78 is 1.21. The van der Waals surface area contributed by atoms with E-state index in [1.54, 1.807) is 17.7 Å². The molecule has 3 aromatic rings. The Morgan fingerprint density at radius 2 is 2.09 bits per heavy atom. The molecule has 0 aliphatic carbocycles. The van der Waals surface area contributed by atoms with Crippen LogP contribution in [0.3, 0.4) is 0 Å². The molecule has 5 heteroatoms. The number of nitrogens with zero attached hydrogens (tertiary/aromatic N) is 3. The molecule has 0 amide bonds. The van der Waals surface area contributed by atoms with E-state index in [1.807, 2.05) is 6.07 Å². The highest BCUT2D eigenvalue weighted by Gasteiger charge is 2.25. The minimum absolute atomic E-state index is 0.466. The van der Waals surface area contributed by atoms with Crippen molar-refractivity contribution >= 4 is 33.1 Å². The second-order valence-electron chi connectivity index (χ2n) is 5.74. The van der Waals surface area contributed by atoms with Crippen LogP contribution in [0.25, 0.3) is 10.2 Å². The molecule has 112 valence electrons. The number of hydrogen-bond donors (Lipinski definition) is 1. The molecule has 2 aromatic heterocycles. The highest BCUT2D eigenvalue weighted by molar-refractivity contribution is 7.18. The van der Waals surface area contributed by atoms with Crippen LogP contribution in [0.15, 0.2) is 42.0 Å². The van der Waals surface area contributed by atoms with Crippen LogP contribution in [0.5, 0.6) is 0 Å². The minimum Gasteiger partial charge on any atom is -0.380 e.